The Labute approximate surface area is 125 Å². The summed E-state index contributed by atoms with van der Waals surface area (Å²) in [5.41, 5.74) is 7.16. The number of ether oxygens (including phenoxy) is 1. The van der Waals surface area contributed by atoms with Gasteiger partial charge in [-0.05, 0) is 12.0 Å². The lowest BCUT2D eigenvalue weighted by atomic mass is 9.93. The molecular weight excluding hydrogens is 268 g/mol. The van der Waals surface area contributed by atoms with Crippen molar-refractivity contribution < 1.29 is 14.3 Å². The van der Waals surface area contributed by atoms with Crippen LogP contribution in [0.3, 0.4) is 0 Å². The molecule has 5 nitrogen and oxygen atoms in total. The molecule has 0 radical (unpaired) electrons. The van der Waals surface area contributed by atoms with Crippen LogP contribution in [0, 0.1) is 5.92 Å². The van der Waals surface area contributed by atoms with Crippen LogP contribution < -0.4 is 11.1 Å². The molecule has 5 heteroatoms. The summed E-state index contributed by atoms with van der Waals surface area (Å²) >= 11 is 0. The smallest absolute Gasteiger partial charge is 0.407 e. The summed E-state index contributed by atoms with van der Waals surface area (Å²) in [5.74, 6) is 0.0266. The Hall–Kier alpha value is -1.88. The monoisotopic (exact) mass is 292 g/mol. The highest BCUT2D eigenvalue weighted by atomic mass is 16.5. The summed E-state index contributed by atoms with van der Waals surface area (Å²) in [6, 6.07) is 8.91. The summed E-state index contributed by atoms with van der Waals surface area (Å²) < 4.78 is 4.63. The van der Waals surface area contributed by atoms with Gasteiger partial charge in [-0.2, -0.15) is 0 Å². The Bertz CT molecular complexity index is 460. The van der Waals surface area contributed by atoms with Crippen molar-refractivity contribution in [1.82, 2.24) is 5.32 Å². The van der Waals surface area contributed by atoms with Crippen LogP contribution in [-0.4, -0.2) is 31.1 Å². The topological polar surface area (TPSA) is 81.4 Å². The van der Waals surface area contributed by atoms with E-state index in [2.05, 4.69) is 10.1 Å². The number of methoxy groups -OCH3 is 1. The molecule has 0 bridgehead atoms. The second kappa shape index (κ2) is 8.42. The third-order valence-corrected chi connectivity index (χ3v) is 3.38. The van der Waals surface area contributed by atoms with Crippen molar-refractivity contribution in [3.8, 4) is 0 Å². The first-order valence-corrected chi connectivity index (χ1v) is 7.10. The van der Waals surface area contributed by atoms with Gasteiger partial charge in [0.1, 0.15) is 5.78 Å². The fraction of sp³-hybridized carbons (Fsp3) is 0.500. The molecule has 1 aromatic carbocycles. The van der Waals surface area contributed by atoms with Crippen LogP contribution in [0.25, 0.3) is 0 Å². The van der Waals surface area contributed by atoms with E-state index in [9.17, 15) is 9.59 Å². The first-order valence-electron chi connectivity index (χ1n) is 7.10. The minimum atomic E-state index is -0.539. The van der Waals surface area contributed by atoms with Crippen molar-refractivity contribution in [3.05, 3.63) is 35.9 Å². The molecule has 2 unspecified atom stereocenters. The molecule has 3 N–H and O–H groups in total. The lowest BCUT2D eigenvalue weighted by Gasteiger charge is -2.24. The average molecular weight is 292 g/mol. The van der Waals surface area contributed by atoms with Crippen molar-refractivity contribution in [2.75, 3.05) is 7.11 Å². The van der Waals surface area contributed by atoms with Gasteiger partial charge in [0.25, 0.3) is 0 Å². The van der Waals surface area contributed by atoms with E-state index in [1.165, 1.54) is 7.11 Å². The highest BCUT2D eigenvalue weighted by molar-refractivity contribution is 5.81. The van der Waals surface area contributed by atoms with Gasteiger partial charge >= 0.3 is 6.09 Å². The third kappa shape index (κ3) is 5.95. The van der Waals surface area contributed by atoms with Gasteiger partial charge in [0, 0.05) is 18.4 Å². The van der Waals surface area contributed by atoms with Gasteiger partial charge in [0.2, 0.25) is 0 Å². The lowest BCUT2D eigenvalue weighted by molar-refractivity contribution is -0.122. The Morgan fingerprint density at radius 3 is 2.38 bits per heavy atom. The fourth-order valence-corrected chi connectivity index (χ4v) is 2.00. The van der Waals surface area contributed by atoms with Crippen molar-refractivity contribution in [2.45, 2.75) is 38.8 Å². The van der Waals surface area contributed by atoms with Crippen LogP contribution in [0.4, 0.5) is 4.79 Å². The molecular formula is C16H24N2O3. The zero-order chi connectivity index (χ0) is 15.8. The molecule has 0 aliphatic heterocycles. The van der Waals surface area contributed by atoms with E-state index in [1.54, 1.807) is 0 Å². The Morgan fingerprint density at radius 2 is 1.86 bits per heavy atom. The van der Waals surface area contributed by atoms with E-state index >= 15 is 0 Å². The number of nitrogens with two attached hydrogens (primary N) is 1. The number of rotatable bonds is 7. The van der Waals surface area contributed by atoms with Gasteiger partial charge in [0.15, 0.2) is 0 Å². The van der Waals surface area contributed by atoms with Gasteiger partial charge in [-0.25, -0.2) is 4.79 Å². The van der Waals surface area contributed by atoms with Gasteiger partial charge in [-0.15, -0.1) is 0 Å². The normalized spacial score (nSPS) is 13.6. The summed E-state index contributed by atoms with van der Waals surface area (Å²) in [6.07, 6.45) is 0.255. The molecule has 0 saturated carbocycles. The third-order valence-electron chi connectivity index (χ3n) is 3.38. The van der Waals surface area contributed by atoms with Crippen molar-refractivity contribution in [3.63, 3.8) is 0 Å². The Kier molecular flexibility index (Phi) is 6.88. The molecule has 0 aromatic heterocycles. The SMILES string of the molecule is COC(=O)NC(Cc1ccccc1)C(N)CC(=O)C(C)C. The molecule has 1 amide bonds. The number of hydrogen-bond donors (Lipinski definition) is 2. The summed E-state index contributed by atoms with van der Waals surface area (Å²) in [5, 5.41) is 2.72. The highest BCUT2D eigenvalue weighted by Crippen LogP contribution is 2.10. The Balaban J connectivity index is 2.76. The quantitative estimate of drug-likeness (QED) is 0.804. The number of amides is 1. The number of hydrogen-bond acceptors (Lipinski definition) is 4. The lowest BCUT2D eigenvalue weighted by Crippen LogP contribution is -2.50. The molecule has 0 fully saturated rings. The number of nitrogens with one attached hydrogen (secondary N) is 1. The molecule has 1 aromatic rings. The van der Waals surface area contributed by atoms with Crippen molar-refractivity contribution in [2.24, 2.45) is 11.7 Å². The van der Waals surface area contributed by atoms with E-state index in [1.807, 2.05) is 44.2 Å². The van der Waals surface area contributed by atoms with Crippen LogP contribution in [0.5, 0.6) is 0 Å². The van der Waals surface area contributed by atoms with Crippen LogP contribution in [0.1, 0.15) is 25.8 Å². The molecule has 21 heavy (non-hydrogen) atoms. The molecule has 0 aliphatic carbocycles. The van der Waals surface area contributed by atoms with Crippen LogP contribution in [0.15, 0.2) is 30.3 Å². The predicted molar refractivity (Wildman–Crippen MR) is 81.9 cm³/mol. The number of carbonyl (C=O) groups excluding carboxylic acids is 2. The van der Waals surface area contributed by atoms with E-state index in [0.717, 1.165) is 5.56 Å². The zero-order valence-electron chi connectivity index (χ0n) is 12.8. The molecule has 1 rings (SSSR count). The predicted octanol–water partition coefficient (Wildman–Crippen LogP) is 1.90. The van der Waals surface area contributed by atoms with Gasteiger partial charge in [-0.1, -0.05) is 44.2 Å². The molecule has 2 atom stereocenters. The second-order valence-corrected chi connectivity index (χ2v) is 5.42. The van der Waals surface area contributed by atoms with E-state index < -0.39 is 12.1 Å². The number of alkyl carbamates (subject to hydrolysis) is 1. The van der Waals surface area contributed by atoms with E-state index in [0.29, 0.717) is 6.42 Å². The van der Waals surface area contributed by atoms with Crippen molar-refractivity contribution >= 4 is 11.9 Å². The van der Waals surface area contributed by atoms with Crippen LogP contribution in [0.2, 0.25) is 0 Å². The number of ketones is 1. The Morgan fingerprint density at radius 1 is 1.24 bits per heavy atom. The fourth-order valence-electron chi connectivity index (χ4n) is 2.00. The molecule has 0 heterocycles. The standard InChI is InChI=1S/C16H24N2O3/c1-11(2)15(19)10-13(17)14(18-16(20)21-3)9-12-7-5-4-6-8-12/h4-8,11,13-14H,9-10,17H2,1-3H3,(H,18,20). The second-order valence-electron chi connectivity index (χ2n) is 5.42. The highest BCUT2D eigenvalue weighted by Gasteiger charge is 2.24. The number of benzene rings is 1. The van der Waals surface area contributed by atoms with E-state index in [-0.39, 0.29) is 24.2 Å². The number of Topliss-reactive ketones (excluding diaryl/α,β-unsaturated/α-hetero) is 1. The maximum atomic E-state index is 11.8. The first kappa shape index (κ1) is 17.2. The minimum Gasteiger partial charge on any atom is -0.453 e. The minimum absolute atomic E-state index is 0.0634. The largest absolute Gasteiger partial charge is 0.453 e. The van der Waals surface area contributed by atoms with Gasteiger partial charge in [-0.3, -0.25) is 4.79 Å². The average Bonchev–Trinajstić information content (AvgIpc) is 2.47. The summed E-state index contributed by atoms with van der Waals surface area (Å²) in [6.45, 7) is 3.68. The number of carbonyl (C=O) groups is 2. The van der Waals surface area contributed by atoms with Gasteiger partial charge < -0.3 is 15.8 Å². The summed E-state index contributed by atoms with van der Waals surface area (Å²) in [7, 11) is 1.31. The maximum absolute atomic E-state index is 11.8. The maximum Gasteiger partial charge on any atom is 0.407 e. The summed E-state index contributed by atoms with van der Waals surface area (Å²) in [4.78, 5) is 23.3. The van der Waals surface area contributed by atoms with Crippen LogP contribution >= 0.6 is 0 Å². The molecule has 0 saturated heterocycles. The first-order chi connectivity index (χ1) is 9.93. The van der Waals surface area contributed by atoms with Gasteiger partial charge in [0.05, 0.1) is 13.2 Å². The molecule has 0 aliphatic rings. The van der Waals surface area contributed by atoms with E-state index in [4.69, 9.17) is 5.73 Å². The van der Waals surface area contributed by atoms with Crippen LogP contribution in [-0.2, 0) is 16.0 Å². The molecule has 116 valence electrons. The zero-order valence-corrected chi connectivity index (χ0v) is 12.8. The van der Waals surface area contributed by atoms with Crippen molar-refractivity contribution in [1.29, 1.82) is 0 Å². The molecule has 0 spiro atoms.